The van der Waals surface area contributed by atoms with Crippen LogP contribution in [0.5, 0.6) is 0 Å². The lowest BCUT2D eigenvalue weighted by molar-refractivity contribution is -0.132. The molecule has 1 aromatic carbocycles. The zero-order valence-corrected chi connectivity index (χ0v) is 17.6. The van der Waals surface area contributed by atoms with Crippen molar-refractivity contribution in [3.05, 3.63) is 28.8 Å². The molecule has 1 amide bonds. The average Bonchev–Trinajstić information content (AvgIpc) is 2.53. The maximum atomic E-state index is 12.6. The molecule has 0 spiro atoms. The summed E-state index contributed by atoms with van der Waals surface area (Å²) in [5, 5.41) is 3.20. The number of hydrogen-bond donors (Lipinski definition) is 2. The van der Waals surface area contributed by atoms with E-state index in [0.717, 1.165) is 36.1 Å². The van der Waals surface area contributed by atoms with Gasteiger partial charge >= 0.3 is 0 Å². The van der Waals surface area contributed by atoms with E-state index in [1.807, 2.05) is 31.0 Å². The molecule has 6 nitrogen and oxygen atoms in total. The molecule has 0 aliphatic carbocycles. The van der Waals surface area contributed by atoms with Crippen molar-refractivity contribution in [3.63, 3.8) is 0 Å². The summed E-state index contributed by atoms with van der Waals surface area (Å²) in [7, 11) is -1.71. The van der Waals surface area contributed by atoms with Crippen LogP contribution in [-0.4, -0.2) is 51.9 Å². The summed E-state index contributed by atoms with van der Waals surface area (Å²) in [5.41, 5.74) is 2.49. The fourth-order valence-electron chi connectivity index (χ4n) is 3.55. The molecule has 1 heterocycles. The maximum absolute atomic E-state index is 12.6. The average molecular weight is 404 g/mol. The van der Waals surface area contributed by atoms with Crippen molar-refractivity contribution in [3.8, 4) is 0 Å². The normalized spacial score (nSPS) is 17.7. The van der Waals surface area contributed by atoms with E-state index in [0.29, 0.717) is 17.5 Å². The minimum atomic E-state index is -3.61. The van der Waals surface area contributed by atoms with Crippen LogP contribution in [0.3, 0.4) is 0 Å². The second-order valence-electron chi connectivity index (χ2n) is 6.84. The standard InChI is InChI=1S/C18H29N3O3S.ClH/c1-13-10-14(2)18(15(3)11-13)25(23,24)20-8-7-17(22)21-9-5-6-16(12-21)19-4;/h10-11,16,19-20H,5-9,12H2,1-4H3;1H. The predicted molar refractivity (Wildman–Crippen MR) is 106 cm³/mol. The third-order valence-electron chi connectivity index (χ3n) is 4.69. The number of likely N-dealkylation sites (N-methyl/N-ethyl adjacent to an activating group) is 1. The number of sulfonamides is 1. The molecule has 26 heavy (non-hydrogen) atoms. The van der Waals surface area contributed by atoms with Gasteiger partial charge in [-0.05, 0) is 51.8 Å². The molecule has 1 saturated heterocycles. The van der Waals surface area contributed by atoms with Crippen molar-refractivity contribution < 1.29 is 13.2 Å². The third-order valence-corrected chi connectivity index (χ3v) is 6.45. The van der Waals surface area contributed by atoms with Crippen molar-refractivity contribution in [1.29, 1.82) is 0 Å². The van der Waals surface area contributed by atoms with Crippen LogP contribution < -0.4 is 10.0 Å². The summed E-state index contributed by atoms with van der Waals surface area (Å²) < 4.78 is 27.8. The van der Waals surface area contributed by atoms with Crippen LogP contribution in [0.2, 0.25) is 0 Å². The summed E-state index contributed by atoms with van der Waals surface area (Å²) in [4.78, 5) is 14.5. The quantitative estimate of drug-likeness (QED) is 0.760. The maximum Gasteiger partial charge on any atom is 0.241 e. The van der Waals surface area contributed by atoms with E-state index in [1.165, 1.54) is 0 Å². The van der Waals surface area contributed by atoms with E-state index in [-0.39, 0.29) is 31.3 Å². The zero-order chi connectivity index (χ0) is 18.6. The second-order valence-corrected chi connectivity index (χ2v) is 8.55. The lowest BCUT2D eigenvalue weighted by atomic mass is 10.1. The Balaban J connectivity index is 0.00000338. The number of benzene rings is 1. The number of halogens is 1. The summed E-state index contributed by atoms with van der Waals surface area (Å²) >= 11 is 0. The van der Waals surface area contributed by atoms with Gasteiger partial charge in [-0.25, -0.2) is 13.1 Å². The van der Waals surface area contributed by atoms with Gasteiger partial charge in [0.25, 0.3) is 0 Å². The van der Waals surface area contributed by atoms with Crippen LogP contribution >= 0.6 is 12.4 Å². The highest BCUT2D eigenvalue weighted by Gasteiger charge is 2.24. The number of hydrogen-bond acceptors (Lipinski definition) is 4. The first-order chi connectivity index (χ1) is 11.7. The predicted octanol–water partition coefficient (Wildman–Crippen LogP) is 1.91. The van der Waals surface area contributed by atoms with Gasteiger partial charge in [0.15, 0.2) is 0 Å². The highest BCUT2D eigenvalue weighted by Crippen LogP contribution is 2.21. The van der Waals surface area contributed by atoms with Crippen LogP contribution in [0, 0.1) is 20.8 Å². The molecule has 1 fully saturated rings. The van der Waals surface area contributed by atoms with Gasteiger partial charge in [0.2, 0.25) is 15.9 Å². The van der Waals surface area contributed by atoms with Gasteiger partial charge in [0.1, 0.15) is 0 Å². The number of carbonyl (C=O) groups is 1. The Morgan fingerprint density at radius 2 is 1.85 bits per heavy atom. The minimum absolute atomic E-state index is 0. The van der Waals surface area contributed by atoms with Gasteiger partial charge in [-0.3, -0.25) is 4.79 Å². The molecule has 1 aliphatic heterocycles. The van der Waals surface area contributed by atoms with Gasteiger partial charge in [-0.1, -0.05) is 17.7 Å². The molecular formula is C18H30ClN3O3S. The summed E-state index contributed by atoms with van der Waals surface area (Å²) in [5.74, 6) is 0.000000000000000666. The van der Waals surface area contributed by atoms with E-state index in [1.54, 1.807) is 13.8 Å². The largest absolute Gasteiger partial charge is 0.341 e. The minimum Gasteiger partial charge on any atom is -0.341 e. The third kappa shape index (κ3) is 5.67. The van der Waals surface area contributed by atoms with E-state index in [4.69, 9.17) is 0 Å². The van der Waals surface area contributed by atoms with Crippen LogP contribution in [0.25, 0.3) is 0 Å². The van der Waals surface area contributed by atoms with E-state index in [2.05, 4.69) is 10.0 Å². The summed E-state index contributed by atoms with van der Waals surface area (Å²) in [6.07, 6.45) is 2.23. The molecule has 8 heteroatoms. The number of piperidine rings is 1. The Labute approximate surface area is 163 Å². The van der Waals surface area contributed by atoms with Gasteiger partial charge < -0.3 is 10.2 Å². The Hall–Kier alpha value is -1.15. The SMILES string of the molecule is CNC1CCCN(C(=O)CCNS(=O)(=O)c2c(C)cc(C)cc2C)C1.Cl. The zero-order valence-electron chi connectivity index (χ0n) is 16.0. The number of aryl methyl sites for hydroxylation is 3. The first kappa shape index (κ1) is 22.9. The van der Waals surface area contributed by atoms with E-state index >= 15 is 0 Å². The molecule has 0 bridgehead atoms. The van der Waals surface area contributed by atoms with E-state index < -0.39 is 10.0 Å². The number of rotatable bonds is 6. The number of nitrogens with one attached hydrogen (secondary N) is 2. The summed E-state index contributed by atoms with van der Waals surface area (Å²) in [6.45, 7) is 7.10. The lowest BCUT2D eigenvalue weighted by Crippen LogP contribution is -2.47. The van der Waals surface area contributed by atoms with Crippen LogP contribution in [0.1, 0.15) is 36.0 Å². The van der Waals surface area contributed by atoms with Gasteiger partial charge in [-0.2, -0.15) is 0 Å². The second kappa shape index (κ2) is 9.69. The molecule has 1 aromatic rings. The van der Waals surface area contributed by atoms with Gasteiger partial charge in [0, 0.05) is 32.1 Å². The van der Waals surface area contributed by atoms with Crippen molar-refractivity contribution >= 4 is 28.3 Å². The highest BCUT2D eigenvalue weighted by molar-refractivity contribution is 7.89. The Morgan fingerprint density at radius 1 is 1.23 bits per heavy atom. The van der Waals surface area contributed by atoms with E-state index in [9.17, 15) is 13.2 Å². The Bertz CT molecular complexity index is 714. The molecule has 1 atom stereocenters. The molecule has 1 unspecified atom stereocenters. The fraction of sp³-hybridized carbons (Fsp3) is 0.611. The number of amides is 1. The van der Waals surface area contributed by atoms with Crippen molar-refractivity contribution in [2.24, 2.45) is 0 Å². The monoisotopic (exact) mass is 403 g/mol. The molecule has 0 aromatic heterocycles. The molecule has 2 rings (SSSR count). The van der Waals surface area contributed by atoms with Gasteiger partial charge in [-0.15, -0.1) is 12.4 Å². The van der Waals surface area contributed by atoms with Crippen molar-refractivity contribution in [2.45, 2.75) is 51.0 Å². The topological polar surface area (TPSA) is 78.5 Å². The molecule has 0 radical (unpaired) electrons. The van der Waals surface area contributed by atoms with Gasteiger partial charge in [0.05, 0.1) is 4.90 Å². The van der Waals surface area contributed by atoms with Crippen molar-refractivity contribution in [1.82, 2.24) is 14.9 Å². The molecule has 1 aliphatic rings. The number of nitrogens with zero attached hydrogens (tertiary/aromatic N) is 1. The first-order valence-electron chi connectivity index (χ1n) is 8.77. The number of likely N-dealkylation sites (tertiary alicyclic amines) is 1. The molecular weight excluding hydrogens is 374 g/mol. The highest BCUT2D eigenvalue weighted by atomic mass is 35.5. The first-order valence-corrected chi connectivity index (χ1v) is 10.3. The van der Waals surface area contributed by atoms with Crippen LogP contribution in [0.4, 0.5) is 0 Å². The summed E-state index contributed by atoms with van der Waals surface area (Å²) in [6, 6.07) is 4.05. The Kier molecular flexibility index (Phi) is 8.53. The smallest absolute Gasteiger partial charge is 0.241 e. The van der Waals surface area contributed by atoms with Crippen LogP contribution in [-0.2, 0) is 14.8 Å². The number of carbonyl (C=O) groups excluding carboxylic acids is 1. The molecule has 148 valence electrons. The fourth-order valence-corrected chi connectivity index (χ4v) is 5.03. The lowest BCUT2D eigenvalue weighted by Gasteiger charge is -2.32. The van der Waals surface area contributed by atoms with Crippen LogP contribution in [0.15, 0.2) is 17.0 Å². The van der Waals surface area contributed by atoms with Crippen molar-refractivity contribution in [2.75, 3.05) is 26.7 Å². The molecule has 2 N–H and O–H groups in total. The Morgan fingerprint density at radius 3 is 2.42 bits per heavy atom. The molecule has 0 saturated carbocycles.